The summed E-state index contributed by atoms with van der Waals surface area (Å²) in [5, 5.41) is 8.23. The lowest BCUT2D eigenvalue weighted by molar-refractivity contribution is 0.120. The zero-order chi connectivity index (χ0) is 18.1. The summed E-state index contributed by atoms with van der Waals surface area (Å²) in [5.41, 5.74) is 4.91. The summed E-state index contributed by atoms with van der Waals surface area (Å²) in [7, 11) is 1.67. The number of aromatic nitrogens is 3. The average Bonchev–Trinajstić information content (AvgIpc) is 3.27. The number of hydrogen-bond donors (Lipinski definition) is 1. The molecule has 0 bridgehead atoms. The van der Waals surface area contributed by atoms with Crippen LogP contribution in [0.4, 0.5) is 5.82 Å². The molecule has 4 rings (SSSR count). The molecule has 26 heavy (non-hydrogen) atoms. The van der Waals surface area contributed by atoms with Gasteiger partial charge in [-0.1, -0.05) is 12.1 Å². The summed E-state index contributed by atoms with van der Waals surface area (Å²) in [4.78, 5) is 4.75. The normalized spacial score (nSPS) is 17.0. The molecule has 1 aromatic carbocycles. The number of nitrogens with zero attached hydrogens (tertiary/aromatic N) is 3. The van der Waals surface area contributed by atoms with Gasteiger partial charge < -0.3 is 14.8 Å². The second-order valence-corrected chi connectivity index (χ2v) is 6.72. The number of anilines is 1. The Kier molecular flexibility index (Phi) is 4.51. The van der Waals surface area contributed by atoms with Crippen molar-refractivity contribution >= 4 is 11.5 Å². The fourth-order valence-corrected chi connectivity index (χ4v) is 3.49. The standard InChI is InChI=1S/C20H24N4O2/c1-13-11-18(21-12-17-5-4-10-26-17)24-20(22-13)19(14(2)23-24)15-6-8-16(25-3)9-7-15/h6-9,11,17,21H,4-5,10,12H2,1-3H3/t17-/m1/s1. The van der Waals surface area contributed by atoms with Gasteiger partial charge in [-0.15, -0.1) is 0 Å². The molecule has 6 nitrogen and oxygen atoms in total. The van der Waals surface area contributed by atoms with Gasteiger partial charge in [0.1, 0.15) is 11.6 Å². The number of hydrogen-bond acceptors (Lipinski definition) is 5. The molecule has 1 aliphatic rings. The number of ether oxygens (including phenoxy) is 2. The number of fused-ring (bicyclic) bond motifs is 1. The maximum absolute atomic E-state index is 5.72. The quantitative estimate of drug-likeness (QED) is 0.760. The van der Waals surface area contributed by atoms with Gasteiger partial charge >= 0.3 is 0 Å². The highest BCUT2D eigenvalue weighted by molar-refractivity contribution is 5.81. The van der Waals surface area contributed by atoms with E-state index in [2.05, 4.69) is 5.32 Å². The molecule has 0 spiro atoms. The first-order valence-electron chi connectivity index (χ1n) is 9.02. The molecule has 0 radical (unpaired) electrons. The van der Waals surface area contributed by atoms with Crippen LogP contribution in [-0.4, -0.2) is 41.0 Å². The maximum Gasteiger partial charge on any atom is 0.165 e. The second kappa shape index (κ2) is 6.96. The molecule has 2 aromatic heterocycles. The molecule has 1 atom stereocenters. The molecule has 1 aliphatic heterocycles. The highest BCUT2D eigenvalue weighted by Crippen LogP contribution is 2.30. The molecule has 0 amide bonds. The third kappa shape index (κ3) is 3.12. The van der Waals surface area contributed by atoms with E-state index in [-0.39, 0.29) is 6.10 Å². The minimum absolute atomic E-state index is 0.274. The summed E-state index contributed by atoms with van der Waals surface area (Å²) in [6.07, 6.45) is 2.52. The number of nitrogens with one attached hydrogen (secondary N) is 1. The molecule has 0 aliphatic carbocycles. The Labute approximate surface area is 153 Å². The average molecular weight is 352 g/mol. The monoisotopic (exact) mass is 352 g/mol. The smallest absolute Gasteiger partial charge is 0.165 e. The third-order valence-electron chi connectivity index (χ3n) is 4.81. The van der Waals surface area contributed by atoms with Gasteiger partial charge in [-0.05, 0) is 44.4 Å². The van der Waals surface area contributed by atoms with Crippen molar-refractivity contribution in [2.75, 3.05) is 25.6 Å². The van der Waals surface area contributed by atoms with Gasteiger partial charge in [-0.2, -0.15) is 9.61 Å². The molecule has 6 heteroatoms. The van der Waals surface area contributed by atoms with E-state index in [1.165, 1.54) is 0 Å². The SMILES string of the molecule is COc1ccc(-c2c(C)nn3c(NC[C@H]4CCCO4)cc(C)nc23)cc1. The molecular weight excluding hydrogens is 328 g/mol. The van der Waals surface area contributed by atoms with E-state index in [0.29, 0.717) is 0 Å². The van der Waals surface area contributed by atoms with Crippen LogP contribution in [0.3, 0.4) is 0 Å². The number of aryl methyl sites for hydroxylation is 2. The van der Waals surface area contributed by atoms with E-state index in [9.17, 15) is 0 Å². The first-order chi connectivity index (χ1) is 12.7. The second-order valence-electron chi connectivity index (χ2n) is 6.72. The van der Waals surface area contributed by atoms with Crippen molar-refractivity contribution in [2.24, 2.45) is 0 Å². The minimum Gasteiger partial charge on any atom is -0.497 e. The topological polar surface area (TPSA) is 60.7 Å². The van der Waals surface area contributed by atoms with Gasteiger partial charge in [0.05, 0.1) is 18.9 Å². The number of benzene rings is 1. The fraction of sp³-hybridized carbons (Fsp3) is 0.400. The summed E-state index contributed by atoms with van der Waals surface area (Å²) in [6.45, 7) is 5.68. The van der Waals surface area contributed by atoms with Gasteiger partial charge in [0.25, 0.3) is 0 Å². The van der Waals surface area contributed by atoms with E-state index in [4.69, 9.17) is 19.6 Å². The molecule has 3 aromatic rings. The van der Waals surface area contributed by atoms with Gasteiger partial charge in [0, 0.05) is 30.5 Å². The first kappa shape index (κ1) is 16.8. The lowest BCUT2D eigenvalue weighted by atomic mass is 10.1. The summed E-state index contributed by atoms with van der Waals surface area (Å²) >= 11 is 0. The van der Waals surface area contributed by atoms with E-state index < -0.39 is 0 Å². The first-order valence-corrected chi connectivity index (χ1v) is 9.02. The zero-order valence-corrected chi connectivity index (χ0v) is 15.5. The van der Waals surface area contributed by atoms with Crippen LogP contribution in [0.15, 0.2) is 30.3 Å². The Morgan fingerprint density at radius 2 is 2.08 bits per heavy atom. The number of methoxy groups -OCH3 is 1. The van der Waals surface area contributed by atoms with E-state index in [1.54, 1.807) is 7.11 Å². The van der Waals surface area contributed by atoms with Crippen LogP contribution in [-0.2, 0) is 4.74 Å². The van der Waals surface area contributed by atoms with Crippen LogP contribution in [0.2, 0.25) is 0 Å². The molecule has 3 heterocycles. The molecular formula is C20H24N4O2. The van der Waals surface area contributed by atoms with Crippen LogP contribution in [0.5, 0.6) is 5.75 Å². The Morgan fingerprint density at radius 1 is 1.27 bits per heavy atom. The fourth-order valence-electron chi connectivity index (χ4n) is 3.49. The summed E-state index contributed by atoms with van der Waals surface area (Å²) in [5.74, 6) is 1.79. The van der Waals surface area contributed by atoms with Crippen LogP contribution in [0.25, 0.3) is 16.8 Å². The molecule has 1 fully saturated rings. The van der Waals surface area contributed by atoms with Crippen LogP contribution < -0.4 is 10.1 Å². The highest BCUT2D eigenvalue weighted by atomic mass is 16.5. The zero-order valence-electron chi connectivity index (χ0n) is 15.5. The van der Waals surface area contributed by atoms with Crippen molar-refractivity contribution in [3.63, 3.8) is 0 Å². The van der Waals surface area contributed by atoms with Gasteiger partial charge in [0.15, 0.2) is 5.65 Å². The van der Waals surface area contributed by atoms with Crippen LogP contribution in [0, 0.1) is 13.8 Å². The van der Waals surface area contributed by atoms with Crippen molar-refractivity contribution in [1.29, 1.82) is 0 Å². The van der Waals surface area contributed by atoms with E-state index >= 15 is 0 Å². The van der Waals surface area contributed by atoms with E-state index in [1.807, 2.05) is 48.7 Å². The van der Waals surface area contributed by atoms with Crippen LogP contribution in [0.1, 0.15) is 24.2 Å². The highest BCUT2D eigenvalue weighted by Gasteiger charge is 2.18. The summed E-state index contributed by atoms with van der Waals surface area (Å²) in [6, 6.07) is 10.1. The van der Waals surface area contributed by atoms with Gasteiger partial charge in [0.2, 0.25) is 0 Å². The minimum atomic E-state index is 0.274. The van der Waals surface area contributed by atoms with Crippen molar-refractivity contribution in [3.05, 3.63) is 41.7 Å². The van der Waals surface area contributed by atoms with Gasteiger partial charge in [-0.25, -0.2) is 4.98 Å². The third-order valence-corrected chi connectivity index (χ3v) is 4.81. The predicted molar refractivity (Wildman–Crippen MR) is 102 cm³/mol. The van der Waals surface area contributed by atoms with Crippen molar-refractivity contribution in [1.82, 2.24) is 14.6 Å². The van der Waals surface area contributed by atoms with Crippen molar-refractivity contribution in [3.8, 4) is 16.9 Å². The Balaban J connectivity index is 1.73. The summed E-state index contributed by atoms with van der Waals surface area (Å²) < 4.78 is 12.9. The van der Waals surface area contributed by atoms with Crippen molar-refractivity contribution < 1.29 is 9.47 Å². The Morgan fingerprint density at radius 3 is 2.77 bits per heavy atom. The number of rotatable bonds is 5. The lowest BCUT2D eigenvalue weighted by Gasteiger charge is -2.13. The Hall–Kier alpha value is -2.60. The predicted octanol–water partition coefficient (Wildman–Crippen LogP) is 3.61. The van der Waals surface area contributed by atoms with Crippen LogP contribution >= 0.6 is 0 Å². The van der Waals surface area contributed by atoms with Crippen molar-refractivity contribution in [2.45, 2.75) is 32.8 Å². The molecule has 136 valence electrons. The Bertz CT molecular complexity index is 912. The van der Waals surface area contributed by atoms with Gasteiger partial charge in [-0.3, -0.25) is 0 Å². The maximum atomic E-state index is 5.72. The molecule has 0 unspecified atom stereocenters. The molecule has 1 saturated heterocycles. The molecule has 1 N–H and O–H groups in total. The van der Waals surface area contributed by atoms with E-state index in [0.717, 1.165) is 65.7 Å². The largest absolute Gasteiger partial charge is 0.497 e. The molecule has 0 saturated carbocycles. The lowest BCUT2D eigenvalue weighted by Crippen LogP contribution is -2.20.